The molecule has 0 saturated heterocycles. The quantitative estimate of drug-likeness (QED) is 0.613. The number of carbonyl (C=O) groups is 1. The maximum atomic E-state index is 10.7. The first kappa shape index (κ1) is 20.5. The smallest absolute Gasteiger partial charge is 0.407 e. The fourth-order valence-electron chi connectivity index (χ4n) is 1.14. The van der Waals surface area contributed by atoms with Crippen LogP contribution in [0.2, 0.25) is 0 Å². The summed E-state index contributed by atoms with van der Waals surface area (Å²) in [5, 5.41) is 2.37. The van der Waals surface area contributed by atoms with Gasteiger partial charge in [0.25, 0.3) is 0 Å². The molecule has 1 aromatic rings. The second-order valence-electron chi connectivity index (χ2n) is 3.74. The summed E-state index contributed by atoms with van der Waals surface area (Å²) in [5.41, 5.74) is 0.987. The van der Waals surface area contributed by atoms with Crippen LogP contribution >= 0.6 is 0 Å². The summed E-state index contributed by atoms with van der Waals surface area (Å²) < 4.78 is 4.83. The van der Waals surface area contributed by atoms with Crippen LogP contribution < -0.4 is 5.32 Å². The highest BCUT2D eigenvalue weighted by atomic mass is 16.5. The molecule has 1 N–H and O–H groups in total. The second kappa shape index (κ2) is 17.2. The van der Waals surface area contributed by atoms with Gasteiger partial charge in [0.2, 0.25) is 0 Å². The molecule has 114 valence electrons. The molecule has 0 aliphatic heterocycles. The Morgan fingerprint density at radius 2 is 1.90 bits per heavy atom. The number of hydrogen-bond donors (Lipinski definition) is 1. The molecule has 3 nitrogen and oxygen atoms in total. The molecule has 20 heavy (non-hydrogen) atoms. The second-order valence-corrected chi connectivity index (χ2v) is 3.74. The topological polar surface area (TPSA) is 38.3 Å². The van der Waals surface area contributed by atoms with Gasteiger partial charge in [0.15, 0.2) is 0 Å². The molecular formula is C17H29NO2. The molecule has 0 aliphatic carbocycles. The number of allylic oxidation sites excluding steroid dienone is 1. The van der Waals surface area contributed by atoms with Crippen molar-refractivity contribution in [2.24, 2.45) is 0 Å². The van der Waals surface area contributed by atoms with Crippen LogP contribution in [-0.4, -0.2) is 13.1 Å². The van der Waals surface area contributed by atoms with Crippen LogP contribution in [0, 0.1) is 0 Å². The first-order valence-corrected chi connectivity index (χ1v) is 7.23. The van der Waals surface area contributed by atoms with Crippen LogP contribution in [0.3, 0.4) is 0 Å². The number of unbranched alkanes of at least 4 members (excludes halogenated alkanes) is 2. The SMILES string of the molecule is C=CCCCC.CC.CNC(=O)OCc1ccccc1. The lowest BCUT2D eigenvalue weighted by Crippen LogP contribution is -2.18. The number of carbonyl (C=O) groups excluding carboxylic acids is 1. The summed E-state index contributed by atoms with van der Waals surface area (Å²) in [6, 6.07) is 9.54. The predicted molar refractivity (Wildman–Crippen MR) is 86.8 cm³/mol. The Hall–Kier alpha value is -1.77. The van der Waals surface area contributed by atoms with Crippen LogP contribution in [0.25, 0.3) is 0 Å². The fourth-order valence-corrected chi connectivity index (χ4v) is 1.14. The molecule has 0 heterocycles. The van der Waals surface area contributed by atoms with E-state index in [1.165, 1.54) is 26.3 Å². The molecule has 0 unspecified atom stereocenters. The molecule has 3 heteroatoms. The minimum Gasteiger partial charge on any atom is -0.445 e. The first-order chi connectivity index (χ1) is 9.74. The Labute approximate surface area is 124 Å². The average molecular weight is 279 g/mol. The van der Waals surface area contributed by atoms with Crippen LogP contribution in [0.1, 0.15) is 45.6 Å². The van der Waals surface area contributed by atoms with E-state index in [9.17, 15) is 4.79 Å². The summed E-state index contributed by atoms with van der Waals surface area (Å²) in [6.07, 6.45) is 5.31. The Kier molecular flexibility index (Phi) is 17.7. The van der Waals surface area contributed by atoms with Crippen molar-refractivity contribution >= 4 is 6.09 Å². The minimum absolute atomic E-state index is 0.320. The third kappa shape index (κ3) is 14.3. The fraction of sp³-hybridized carbons (Fsp3) is 0.471. The number of ether oxygens (including phenoxy) is 1. The lowest BCUT2D eigenvalue weighted by Gasteiger charge is -2.02. The zero-order valence-electron chi connectivity index (χ0n) is 13.3. The summed E-state index contributed by atoms with van der Waals surface area (Å²) in [6.45, 7) is 10.1. The van der Waals surface area contributed by atoms with Gasteiger partial charge in [-0.25, -0.2) is 4.79 Å². The van der Waals surface area contributed by atoms with Crippen molar-refractivity contribution in [3.63, 3.8) is 0 Å². The molecule has 0 atom stereocenters. The highest BCUT2D eigenvalue weighted by Gasteiger charge is 1.96. The monoisotopic (exact) mass is 279 g/mol. The van der Waals surface area contributed by atoms with E-state index in [0.29, 0.717) is 6.61 Å². The molecule has 1 amide bonds. The van der Waals surface area contributed by atoms with Gasteiger partial charge in [0.05, 0.1) is 0 Å². The highest BCUT2D eigenvalue weighted by molar-refractivity contribution is 5.66. The zero-order valence-corrected chi connectivity index (χ0v) is 13.3. The standard InChI is InChI=1S/C9H11NO2.C6H12.C2H6/c1-10-9(11)12-7-8-5-3-2-4-6-8;1-3-5-6-4-2;1-2/h2-6H,7H2,1H3,(H,10,11);3H,1,4-6H2,2H3;1-2H3. The van der Waals surface area contributed by atoms with Gasteiger partial charge in [-0.05, 0) is 12.0 Å². The molecule has 0 saturated carbocycles. The lowest BCUT2D eigenvalue weighted by molar-refractivity contribution is 0.142. The third-order valence-electron chi connectivity index (χ3n) is 2.18. The van der Waals surface area contributed by atoms with E-state index in [2.05, 4.69) is 18.8 Å². The highest BCUT2D eigenvalue weighted by Crippen LogP contribution is 1.99. The average Bonchev–Trinajstić information content (AvgIpc) is 2.54. The summed E-state index contributed by atoms with van der Waals surface area (Å²) in [4.78, 5) is 10.7. The summed E-state index contributed by atoms with van der Waals surface area (Å²) in [7, 11) is 1.54. The van der Waals surface area contributed by atoms with Crippen molar-refractivity contribution in [2.45, 2.75) is 46.6 Å². The van der Waals surface area contributed by atoms with Crippen LogP contribution in [0.5, 0.6) is 0 Å². The number of alkyl carbamates (subject to hydrolysis) is 1. The molecule has 0 aliphatic rings. The zero-order chi connectivity index (χ0) is 15.6. The van der Waals surface area contributed by atoms with Crippen LogP contribution in [-0.2, 0) is 11.3 Å². The normalized spacial score (nSPS) is 8.20. The minimum atomic E-state index is -0.404. The summed E-state index contributed by atoms with van der Waals surface area (Å²) in [5.74, 6) is 0. The van der Waals surface area contributed by atoms with Gasteiger partial charge in [-0.15, -0.1) is 6.58 Å². The van der Waals surface area contributed by atoms with Gasteiger partial charge in [0, 0.05) is 7.05 Å². The van der Waals surface area contributed by atoms with Crippen molar-refractivity contribution in [1.82, 2.24) is 5.32 Å². The Morgan fingerprint density at radius 1 is 1.30 bits per heavy atom. The Morgan fingerprint density at radius 3 is 2.30 bits per heavy atom. The first-order valence-electron chi connectivity index (χ1n) is 7.23. The molecular weight excluding hydrogens is 250 g/mol. The molecule has 1 aromatic carbocycles. The van der Waals surface area contributed by atoms with E-state index in [4.69, 9.17) is 4.74 Å². The maximum Gasteiger partial charge on any atom is 0.407 e. The molecule has 0 radical (unpaired) electrons. The maximum absolute atomic E-state index is 10.7. The van der Waals surface area contributed by atoms with Crippen LogP contribution in [0.15, 0.2) is 43.0 Å². The number of nitrogens with one attached hydrogen (secondary N) is 1. The van der Waals surface area contributed by atoms with Gasteiger partial charge in [-0.1, -0.05) is 70.0 Å². The van der Waals surface area contributed by atoms with E-state index in [0.717, 1.165) is 5.56 Å². The molecule has 0 fully saturated rings. The molecule has 0 spiro atoms. The van der Waals surface area contributed by atoms with E-state index in [1.54, 1.807) is 0 Å². The van der Waals surface area contributed by atoms with Gasteiger partial charge in [0.1, 0.15) is 6.61 Å². The van der Waals surface area contributed by atoms with E-state index >= 15 is 0 Å². The number of amides is 1. The van der Waals surface area contributed by atoms with Crippen molar-refractivity contribution in [1.29, 1.82) is 0 Å². The van der Waals surface area contributed by atoms with Gasteiger partial charge in [-0.3, -0.25) is 0 Å². The number of hydrogen-bond acceptors (Lipinski definition) is 2. The Bertz CT molecular complexity index is 323. The Balaban J connectivity index is 0. The molecule has 0 bridgehead atoms. The van der Waals surface area contributed by atoms with Crippen molar-refractivity contribution in [3.8, 4) is 0 Å². The van der Waals surface area contributed by atoms with E-state index in [-0.39, 0.29) is 0 Å². The van der Waals surface area contributed by atoms with Gasteiger partial charge >= 0.3 is 6.09 Å². The molecule has 0 aromatic heterocycles. The van der Waals surface area contributed by atoms with Crippen molar-refractivity contribution < 1.29 is 9.53 Å². The predicted octanol–water partition coefficient (Wildman–Crippen LogP) is 4.93. The number of rotatable bonds is 5. The largest absolute Gasteiger partial charge is 0.445 e. The van der Waals surface area contributed by atoms with Crippen molar-refractivity contribution in [2.75, 3.05) is 7.05 Å². The lowest BCUT2D eigenvalue weighted by atomic mass is 10.2. The number of benzene rings is 1. The molecule has 1 rings (SSSR count). The summed E-state index contributed by atoms with van der Waals surface area (Å²) >= 11 is 0. The third-order valence-corrected chi connectivity index (χ3v) is 2.18. The van der Waals surface area contributed by atoms with Gasteiger partial charge < -0.3 is 10.1 Å². The van der Waals surface area contributed by atoms with Crippen LogP contribution in [0.4, 0.5) is 4.79 Å². The van der Waals surface area contributed by atoms with E-state index in [1.807, 2.05) is 50.3 Å². The van der Waals surface area contributed by atoms with Gasteiger partial charge in [-0.2, -0.15) is 0 Å². The van der Waals surface area contributed by atoms with E-state index < -0.39 is 6.09 Å². The van der Waals surface area contributed by atoms with Crippen molar-refractivity contribution in [3.05, 3.63) is 48.6 Å².